The standard InChI is InChI=1S/C15H19F3N2O4S2/c1-25(21,22)20-12-4-5-13(20)9-11(8-12)19-26(23,24)14-6-2-10(3-7-14)15(16,17)18/h2-3,6-7,11-13,19H,4-5,8-9H2,1H3. The van der Waals surface area contributed by atoms with Gasteiger partial charge in [-0.15, -0.1) is 0 Å². The van der Waals surface area contributed by atoms with Crippen LogP contribution in [-0.4, -0.2) is 45.5 Å². The second-order valence-electron chi connectivity index (χ2n) is 6.79. The number of benzene rings is 1. The van der Waals surface area contributed by atoms with Crippen molar-refractivity contribution in [3.63, 3.8) is 0 Å². The quantitative estimate of drug-likeness (QED) is 0.819. The molecule has 1 N–H and O–H groups in total. The predicted molar refractivity (Wildman–Crippen MR) is 88.3 cm³/mol. The fourth-order valence-corrected chi connectivity index (χ4v) is 6.61. The van der Waals surface area contributed by atoms with Crippen LogP contribution in [0.5, 0.6) is 0 Å². The first-order valence-electron chi connectivity index (χ1n) is 8.06. The molecule has 2 unspecified atom stereocenters. The predicted octanol–water partition coefficient (Wildman–Crippen LogP) is 1.94. The van der Waals surface area contributed by atoms with Crippen LogP contribution in [0.25, 0.3) is 0 Å². The molecule has 2 atom stereocenters. The minimum atomic E-state index is -4.53. The Morgan fingerprint density at radius 3 is 1.92 bits per heavy atom. The molecule has 2 aliphatic heterocycles. The summed E-state index contributed by atoms with van der Waals surface area (Å²) in [5.41, 5.74) is -0.920. The van der Waals surface area contributed by atoms with Gasteiger partial charge in [-0.25, -0.2) is 21.6 Å². The van der Waals surface area contributed by atoms with E-state index in [2.05, 4.69) is 4.72 Å². The van der Waals surface area contributed by atoms with Gasteiger partial charge in [0.05, 0.1) is 16.7 Å². The Labute approximate surface area is 150 Å². The average molecular weight is 412 g/mol. The fourth-order valence-electron chi connectivity index (χ4n) is 3.88. The van der Waals surface area contributed by atoms with Gasteiger partial charge < -0.3 is 0 Å². The molecule has 0 aromatic heterocycles. The van der Waals surface area contributed by atoms with E-state index < -0.39 is 37.8 Å². The van der Waals surface area contributed by atoms with Crippen molar-refractivity contribution in [1.29, 1.82) is 0 Å². The first-order chi connectivity index (χ1) is 11.9. The second kappa shape index (κ2) is 6.47. The molecule has 11 heteroatoms. The maximum absolute atomic E-state index is 12.6. The molecule has 1 aromatic rings. The Kier molecular flexibility index (Phi) is 4.87. The second-order valence-corrected chi connectivity index (χ2v) is 10.4. The van der Waals surface area contributed by atoms with E-state index in [9.17, 15) is 30.0 Å². The Morgan fingerprint density at radius 2 is 1.50 bits per heavy atom. The molecule has 2 fully saturated rings. The van der Waals surface area contributed by atoms with E-state index in [1.165, 1.54) is 4.31 Å². The third-order valence-electron chi connectivity index (χ3n) is 4.86. The normalized spacial score (nSPS) is 27.6. The number of halogens is 3. The number of nitrogens with zero attached hydrogens (tertiary/aromatic N) is 1. The van der Waals surface area contributed by atoms with Crippen molar-refractivity contribution in [3.8, 4) is 0 Å². The Balaban J connectivity index is 1.73. The highest BCUT2D eigenvalue weighted by Gasteiger charge is 2.46. The lowest BCUT2D eigenvalue weighted by atomic mass is 10.0. The van der Waals surface area contributed by atoms with Gasteiger partial charge >= 0.3 is 6.18 Å². The molecular weight excluding hydrogens is 393 g/mol. The number of piperidine rings is 1. The Bertz CT molecular complexity index is 868. The highest BCUT2D eigenvalue weighted by Crippen LogP contribution is 2.38. The number of hydrogen-bond donors (Lipinski definition) is 1. The number of alkyl halides is 3. The summed E-state index contributed by atoms with van der Waals surface area (Å²) in [7, 11) is -7.33. The third-order valence-corrected chi connectivity index (χ3v) is 7.76. The zero-order valence-electron chi connectivity index (χ0n) is 13.9. The molecule has 2 heterocycles. The minimum Gasteiger partial charge on any atom is -0.212 e. The van der Waals surface area contributed by atoms with Crippen LogP contribution in [0.3, 0.4) is 0 Å². The Morgan fingerprint density at radius 1 is 1.00 bits per heavy atom. The molecule has 1 aromatic carbocycles. The highest BCUT2D eigenvalue weighted by atomic mass is 32.2. The molecular formula is C15H19F3N2O4S2. The minimum absolute atomic E-state index is 0.246. The van der Waals surface area contributed by atoms with Gasteiger partial charge in [0.2, 0.25) is 20.0 Å². The van der Waals surface area contributed by atoms with Crippen LogP contribution >= 0.6 is 0 Å². The topological polar surface area (TPSA) is 83.6 Å². The molecule has 0 amide bonds. The zero-order valence-corrected chi connectivity index (χ0v) is 15.5. The first kappa shape index (κ1) is 19.6. The summed E-state index contributed by atoms with van der Waals surface area (Å²) in [5.74, 6) is 0. The lowest BCUT2D eigenvalue weighted by molar-refractivity contribution is -0.137. The lowest BCUT2D eigenvalue weighted by Gasteiger charge is -2.37. The fraction of sp³-hybridized carbons (Fsp3) is 0.600. The van der Waals surface area contributed by atoms with Gasteiger partial charge in [0.25, 0.3) is 0 Å². The summed E-state index contributed by atoms with van der Waals surface area (Å²) in [6.07, 6.45) is -1.34. The van der Waals surface area contributed by atoms with Crippen molar-refractivity contribution in [2.24, 2.45) is 0 Å². The molecule has 146 valence electrons. The van der Waals surface area contributed by atoms with Crippen LogP contribution < -0.4 is 4.72 Å². The SMILES string of the molecule is CS(=O)(=O)N1C2CCC1CC(NS(=O)(=O)c1ccc(C(F)(F)F)cc1)C2. The number of nitrogens with one attached hydrogen (secondary N) is 1. The molecule has 2 saturated heterocycles. The van der Waals surface area contributed by atoms with Crippen LogP contribution in [0.2, 0.25) is 0 Å². The summed E-state index contributed by atoms with van der Waals surface area (Å²) in [6, 6.07) is 2.36. The summed E-state index contributed by atoms with van der Waals surface area (Å²) in [4.78, 5) is -0.247. The third kappa shape index (κ3) is 3.90. The molecule has 0 aliphatic carbocycles. The first-order valence-corrected chi connectivity index (χ1v) is 11.4. The Hall–Kier alpha value is -1.17. The van der Waals surface area contributed by atoms with Crippen LogP contribution in [0.15, 0.2) is 29.2 Å². The smallest absolute Gasteiger partial charge is 0.212 e. The molecule has 0 saturated carbocycles. The van der Waals surface area contributed by atoms with E-state index in [-0.39, 0.29) is 17.0 Å². The largest absolute Gasteiger partial charge is 0.416 e. The summed E-state index contributed by atoms with van der Waals surface area (Å²) in [6.45, 7) is 0. The molecule has 26 heavy (non-hydrogen) atoms. The molecule has 6 nitrogen and oxygen atoms in total. The van der Waals surface area contributed by atoms with Crippen LogP contribution in [0.4, 0.5) is 13.2 Å². The van der Waals surface area contributed by atoms with E-state index in [0.29, 0.717) is 25.7 Å². The monoisotopic (exact) mass is 412 g/mol. The summed E-state index contributed by atoms with van der Waals surface area (Å²) >= 11 is 0. The van der Waals surface area contributed by atoms with Gasteiger partial charge in [0.1, 0.15) is 0 Å². The molecule has 0 radical (unpaired) electrons. The molecule has 2 bridgehead atoms. The molecule has 3 rings (SSSR count). The van der Waals surface area contributed by atoms with Gasteiger partial charge in [-0.2, -0.15) is 17.5 Å². The van der Waals surface area contributed by atoms with Gasteiger partial charge in [-0.05, 0) is 49.9 Å². The van der Waals surface area contributed by atoms with Crippen molar-refractivity contribution < 1.29 is 30.0 Å². The summed E-state index contributed by atoms with van der Waals surface area (Å²) in [5, 5.41) is 0. The van der Waals surface area contributed by atoms with Crippen LogP contribution in [0.1, 0.15) is 31.2 Å². The number of sulfonamides is 2. The number of fused-ring (bicyclic) bond motifs is 2. The van der Waals surface area contributed by atoms with Crippen molar-refractivity contribution >= 4 is 20.0 Å². The molecule has 0 spiro atoms. The van der Waals surface area contributed by atoms with E-state index >= 15 is 0 Å². The van der Waals surface area contributed by atoms with Crippen molar-refractivity contribution in [1.82, 2.24) is 9.03 Å². The van der Waals surface area contributed by atoms with Crippen molar-refractivity contribution in [2.45, 2.75) is 54.9 Å². The molecule has 2 aliphatic rings. The van der Waals surface area contributed by atoms with Gasteiger partial charge in [-0.3, -0.25) is 0 Å². The summed E-state index contributed by atoms with van der Waals surface area (Å²) < 4.78 is 90.4. The van der Waals surface area contributed by atoms with Crippen molar-refractivity contribution in [3.05, 3.63) is 29.8 Å². The maximum atomic E-state index is 12.6. The van der Waals surface area contributed by atoms with E-state index in [1.54, 1.807) is 0 Å². The highest BCUT2D eigenvalue weighted by molar-refractivity contribution is 7.89. The van der Waals surface area contributed by atoms with Gasteiger partial charge in [0, 0.05) is 18.1 Å². The van der Waals surface area contributed by atoms with Gasteiger partial charge in [-0.1, -0.05) is 0 Å². The van der Waals surface area contributed by atoms with E-state index in [1.807, 2.05) is 0 Å². The van der Waals surface area contributed by atoms with Crippen molar-refractivity contribution in [2.75, 3.05) is 6.26 Å². The van der Waals surface area contributed by atoms with Crippen LogP contribution in [0, 0.1) is 0 Å². The number of hydrogen-bond acceptors (Lipinski definition) is 4. The van der Waals surface area contributed by atoms with Gasteiger partial charge in [0.15, 0.2) is 0 Å². The number of rotatable bonds is 4. The zero-order chi connectivity index (χ0) is 19.3. The van der Waals surface area contributed by atoms with E-state index in [4.69, 9.17) is 0 Å². The lowest BCUT2D eigenvalue weighted by Crippen LogP contribution is -2.51. The van der Waals surface area contributed by atoms with E-state index in [0.717, 1.165) is 30.5 Å². The average Bonchev–Trinajstić information content (AvgIpc) is 2.79. The maximum Gasteiger partial charge on any atom is 0.416 e. The van der Waals surface area contributed by atoms with Crippen LogP contribution in [-0.2, 0) is 26.2 Å².